The second-order valence-corrected chi connectivity index (χ2v) is 6.92. The summed E-state index contributed by atoms with van der Waals surface area (Å²) in [4.78, 5) is 14.3. The van der Waals surface area contributed by atoms with Crippen LogP contribution in [0.3, 0.4) is 0 Å². The molecule has 1 aliphatic heterocycles. The molecule has 1 aromatic heterocycles. The average Bonchev–Trinajstić information content (AvgIpc) is 2.91. The minimum absolute atomic E-state index is 0.141. The van der Waals surface area contributed by atoms with Crippen LogP contribution in [0.15, 0.2) is 18.2 Å². The number of nitrogens with two attached hydrogens (primary N) is 1. The van der Waals surface area contributed by atoms with Gasteiger partial charge in [0.25, 0.3) is 0 Å². The zero-order valence-electron chi connectivity index (χ0n) is 11.5. The number of aromatic amines is 1. The number of nitrogens with one attached hydrogen (secondary N) is 1. The molecule has 0 unspecified atom stereocenters. The summed E-state index contributed by atoms with van der Waals surface area (Å²) in [5.74, 6) is -0.499. The first-order valence-corrected chi connectivity index (χ1v) is 7.76. The number of fused-ring (bicyclic) bond motifs is 3. The Morgan fingerprint density at radius 2 is 2.32 bits per heavy atom. The highest BCUT2D eigenvalue weighted by atomic mass is 35.5. The molecule has 7 heteroatoms. The van der Waals surface area contributed by atoms with Gasteiger partial charge < -0.3 is 15.3 Å². The van der Waals surface area contributed by atoms with Crippen molar-refractivity contribution in [3.63, 3.8) is 0 Å². The summed E-state index contributed by atoms with van der Waals surface area (Å²) in [7, 11) is 0. The molecule has 1 aromatic carbocycles. The Morgan fingerprint density at radius 3 is 3.00 bits per heavy atom. The summed E-state index contributed by atoms with van der Waals surface area (Å²) in [6.07, 6.45) is 1.05. The summed E-state index contributed by atoms with van der Waals surface area (Å²) < 4.78 is 16.3. The van der Waals surface area contributed by atoms with E-state index < -0.39 is 5.91 Å². The van der Waals surface area contributed by atoms with Gasteiger partial charge in [0.1, 0.15) is 5.82 Å². The van der Waals surface area contributed by atoms with E-state index in [1.807, 2.05) is 10.6 Å². The Bertz CT molecular complexity index is 854. The Hall–Kier alpha value is -1.66. The first kappa shape index (κ1) is 14.0. The summed E-state index contributed by atoms with van der Waals surface area (Å²) in [6, 6.07) is 4.66. The van der Waals surface area contributed by atoms with Crippen molar-refractivity contribution in [1.29, 1.82) is 0 Å². The Morgan fingerprint density at radius 1 is 1.55 bits per heavy atom. The zero-order chi connectivity index (χ0) is 15.6. The van der Waals surface area contributed by atoms with Crippen LogP contribution in [0.2, 0.25) is 5.02 Å². The molecule has 2 atom stereocenters. The normalized spacial score (nSPS) is 24.9. The molecule has 0 bridgehead atoms. The third-order valence-corrected chi connectivity index (χ3v) is 5.28. The van der Waals surface area contributed by atoms with Gasteiger partial charge in [0.2, 0.25) is 5.91 Å². The van der Waals surface area contributed by atoms with Gasteiger partial charge in [-0.2, -0.15) is 0 Å². The van der Waals surface area contributed by atoms with E-state index in [2.05, 4.69) is 4.98 Å². The number of aromatic nitrogens is 2. The fourth-order valence-corrected chi connectivity index (χ4v) is 4.28. The molecule has 0 spiro atoms. The molecule has 114 valence electrons. The molecule has 22 heavy (non-hydrogen) atoms. The number of primary amides is 1. The van der Waals surface area contributed by atoms with Crippen molar-refractivity contribution in [3.8, 4) is 0 Å². The van der Waals surface area contributed by atoms with E-state index in [0.29, 0.717) is 16.3 Å². The van der Waals surface area contributed by atoms with Crippen LogP contribution in [0.4, 0.5) is 4.39 Å². The van der Waals surface area contributed by atoms with Gasteiger partial charge in [-0.05, 0) is 42.4 Å². The van der Waals surface area contributed by atoms with Crippen LogP contribution in [-0.2, 0) is 23.2 Å². The molecule has 0 saturated heterocycles. The molecule has 1 fully saturated rings. The molecular formula is C15H13ClFN3OS. The highest BCUT2D eigenvalue weighted by Gasteiger charge is 2.62. The van der Waals surface area contributed by atoms with Crippen molar-refractivity contribution in [2.75, 3.05) is 0 Å². The van der Waals surface area contributed by atoms with E-state index in [9.17, 15) is 9.18 Å². The predicted octanol–water partition coefficient (Wildman–Crippen LogP) is 2.80. The largest absolute Gasteiger partial charge is 0.369 e. The standard InChI is InChI=1S/C15H13ClFN3OS/c16-8-1-7(2-9(17)3-8)15-5-10(15)13-11(4-12(18)21)19-14(22)20(13)6-15/h1-3,10H,4-6H2,(H2,18,21)(H,19,22)/t10-,15+/m0/s1. The summed E-state index contributed by atoms with van der Waals surface area (Å²) in [5, 5.41) is 0.397. The van der Waals surface area contributed by atoms with Crippen LogP contribution >= 0.6 is 23.8 Å². The van der Waals surface area contributed by atoms with E-state index in [-0.39, 0.29) is 23.6 Å². The maximum absolute atomic E-state index is 13.7. The minimum Gasteiger partial charge on any atom is -0.369 e. The van der Waals surface area contributed by atoms with E-state index in [0.717, 1.165) is 23.4 Å². The summed E-state index contributed by atoms with van der Waals surface area (Å²) in [6.45, 7) is 0.681. The van der Waals surface area contributed by atoms with E-state index in [1.165, 1.54) is 6.07 Å². The van der Waals surface area contributed by atoms with Gasteiger partial charge in [0.05, 0.1) is 6.42 Å². The SMILES string of the molecule is NC(=O)Cc1[nH]c(=S)n2c1[C@@H]1C[C@]1(c1cc(F)cc(Cl)c1)C2. The maximum Gasteiger partial charge on any atom is 0.223 e. The molecule has 4 nitrogen and oxygen atoms in total. The fourth-order valence-electron chi connectivity index (χ4n) is 3.77. The van der Waals surface area contributed by atoms with Crippen molar-refractivity contribution < 1.29 is 9.18 Å². The maximum atomic E-state index is 13.7. The summed E-state index contributed by atoms with van der Waals surface area (Å²) in [5.41, 5.74) is 7.85. The lowest BCUT2D eigenvalue weighted by Crippen LogP contribution is -2.15. The van der Waals surface area contributed by atoms with Crippen LogP contribution < -0.4 is 5.73 Å². The van der Waals surface area contributed by atoms with Crippen LogP contribution in [0.25, 0.3) is 0 Å². The molecule has 2 heterocycles. The Kier molecular flexibility index (Phi) is 2.81. The van der Waals surface area contributed by atoms with Gasteiger partial charge >= 0.3 is 0 Å². The van der Waals surface area contributed by atoms with Crippen LogP contribution in [0.5, 0.6) is 0 Å². The van der Waals surface area contributed by atoms with E-state index in [1.54, 1.807) is 6.07 Å². The van der Waals surface area contributed by atoms with Crippen molar-refractivity contribution >= 4 is 29.7 Å². The smallest absolute Gasteiger partial charge is 0.223 e. The highest BCUT2D eigenvalue weighted by Crippen LogP contribution is 2.66. The van der Waals surface area contributed by atoms with Crippen molar-refractivity contribution in [2.45, 2.75) is 30.7 Å². The second kappa shape index (κ2) is 4.43. The number of carbonyl (C=O) groups is 1. The highest BCUT2D eigenvalue weighted by molar-refractivity contribution is 7.71. The molecular weight excluding hydrogens is 325 g/mol. The molecule has 4 rings (SSSR count). The van der Waals surface area contributed by atoms with Gasteiger partial charge in [0, 0.05) is 34.3 Å². The first-order valence-electron chi connectivity index (χ1n) is 6.97. The number of benzene rings is 1. The van der Waals surface area contributed by atoms with Gasteiger partial charge in [-0.3, -0.25) is 4.79 Å². The lowest BCUT2D eigenvalue weighted by atomic mass is 9.94. The number of imidazole rings is 1. The lowest BCUT2D eigenvalue weighted by Gasteiger charge is -2.13. The van der Waals surface area contributed by atoms with Crippen molar-refractivity contribution in [3.05, 3.63) is 50.8 Å². The quantitative estimate of drug-likeness (QED) is 0.846. The van der Waals surface area contributed by atoms with Crippen molar-refractivity contribution in [1.82, 2.24) is 9.55 Å². The van der Waals surface area contributed by atoms with Crippen LogP contribution in [-0.4, -0.2) is 15.5 Å². The molecule has 1 amide bonds. The van der Waals surface area contributed by atoms with Gasteiger partial charge in [0.15, 0.2) is 4.77 Å². The summed E-state index contributed by atoms with van der Waals surface area (Å²) >= 11 is 11.3. The van der Waals surface area contributed by atoms with Gasteiger partial charge in [-0.15, -0.1) is 0 Å². The molecule has 2 aliphatic rings. The monoisotopic (exact) mass is 337 g/mol. The van der Waals surface area contributed by atoms with Crippen LogP contribution in [0, 0.1) is 10.6 Å². The molecule has 1 saturated carbocycles. The molecule has 0 radical (unpaired) electrons. The fraction of sp³-hybridized carbons (Fsp3) is 0.333. The van der Waals surface area contributed by atoms with E-state index in [4.69, 9.17) is 29.6 Å². The molecule has 1 aliphatic carbocycles. The number of hydrogen-bond donors (Lipinski definition) is 2. The van der Waals surface area contributed by atoms with Gasteiger partial charge in [-0.25, -0.2) is 4.39 Å². The number of nitrogens with zero attached hydrogens (tertiary/aromatic N) is 1. The number of carbonyl (C=O) groups excluding carboxylic acids is 1. The Labute approximate surface area is 136 Å². The predicted molar refractivity (Wildman–Crippen MR) is 83.0 cm³/mol. The second-order valence-electron chi connectivity index (χ2n) is 6.09. The molecule has 2 aromatic rings. The third-order valence-electron chi connectivity index (χ3n) is 4.74. The van der Waals surface area contributed by atoms with Crippen molar-refractivity contribution in [2.24, 2.45) is 5.73 Å². The van der Waals surface area contributed by atoms with E-state index >= 15 is 0 Å². The number of H-pyrrole nitrogens is 1. The number of amides is 1. The minimum atomic E-state index is -0.397. The lowest BCUT2D eigenvalue weighted by molar-refractivity contribution is -0.117. The van der Waals surface area contributed by atoms with Gasteiger partial charge in [-0.1, -0.05) is 11.6 Å². The average molecular weight is 338 g/mol. The number of hydrogen-bond acceptors (Lipinski definition) is 2. The third kappa shape index (κ3) is 1.87. The Balaban J connectivity index is 1.78. The van der Waals surface area contributed by atoms with Crippen LogP contribution in [0.1, 0.15) is 29.3 Å². The number of halogens is 2. The molecule has 3 N–H and O–H groups in total. The first-order chi connectivity index (χ1) is 10.4. The zero-order valence-corrected chi connectivity index (χ0v) is 13.1. The number of rotatable bonds is 3. The topological polar surface area (TPSA) is 63.8 Å².